The number of rotatable bonds is 8. The van der Waals surface area contributed by atoms with Gasteiger partial charge in [0.25, 0.3) is 0 Å². The first-order valence-corrected chi connectivity index (χ1v) is 8.55. The molecule has 1 rings (SSSR count). The van der Waals surface area contributed by atoms with E-state index in [-0.39, 0.29) is 28.3 Å². The lowest BCUT2D eigenvalue weighted by atomic mass is 9.79. The van der Waals surface area contributed by atoms with Crippen molar-refractivity contribution in [3.63, 3.8) is 0 Å². The highest BCUT2D eigenvalue weighted by molar-refractivity contribution is 9.09. The van der Waals surface area contributed by atoms with Gasteiger partial charge in [0.15, 0.2) is 5.78 Å². The highest BCUT2D eigenvalue weighted by Crippen LogP contribution is 2.37. The van der Waals surface area contributed by atoms with Gasteiger partial charge in [-0.25, -0.2) is 0 Å². The molecule has 1 aromatic carbocycles. The van der Waals surface area contributed by atoms with Gasteiger partial charge in [-0.15, -0.1) is 0 Å². The van der Waals surface area contributed by atoms with E-state index in [9.17, 15) is 15.0 Å². The van der Waals surface area contributed by atoms with Crippen LogP contribution in [0.1, 0.15) is 68.8 Å². The van der Waals surface area contributed by atoms with Crippen molar-refractivity contribution in [3.8, 4) is 11.5 Å². The lowest BCUT2D eigenvalue weighted by Gasteiger charge is -2.26. The highest BCUT2D eigenvalue weighted by atomic mass is 79.9. The minimum Gasteiger partial charge on any atom is -0.507 e. The first-order valence-electron chi connectivity index (χ1n) is 7.43. The molecular formula is C17H25BrO3. The van der Waals surface area contributed by atoms with Crippen LogP contribution in [0.15, 0.2) is 12.1 Å². The molecule has 0 aliphatic heterocycles. The van der Waals surface area contributed by atoms with E-state index in [0.717, 1.165) is 23.7 Å². The largest absolute Gasteiger partial charge is 0.507 e. The van der Waals surface area contributed by atoms with Crippen LogP contribution in [0.25, 0.3) is 0 Å². The van der Waals surface area contributed by atoms with E-state index in [0.29, 0.717) is 0 Å². The molecule has 0 saturated carbocycles. The number of alkyl halides is 1. The van der Waals surface area contributed by atoms with Crippen LogP contribution in [0.2, 0.25) is 0 Å². The number of benzene rings is 1. The molecule has 0 amide bonds. The van der Waals surface area contributed by atoms with Crippen molar-refractivity contribution in [2.75, 3.05) is 5.33 Å². The molecule has 4 heteroatoms. The number of unbranched alkanes of at least 4 members (excludes halogenated alkanes) is 3. The van der Waals surface area contributed by atoms with E-state index in [1.807, 2.05) is 0 Å². The summed E-state index contributed by atoms with van der Waals surface area (Å²) in [4.78, 5) is 11.4. The maximum atomic E-state index is 11.4. The van der Waals surface area contributed by atoms with E-state index in [1.54, 1.807) is 12.1 Å². The lowest BCUT2D eigenvalue weighted by molar-refractivity contribution is 0.101. The summed E-state index contributed by atoms with van der Waals surface area (Å²) in [7, 11) is 0. The van der Waals surface area contributed by atoms with E-state index in [4.69, 9.17) is 0 Å². The Morgan fingerprint density at radius 3 is 2.10 bits per heavy atom. The summed E-state index contributed by atoms with van der Waals surface area (Å²) in [5.74, 6) is -0.598. The summed E-state index contributed by atoms with van der Waals surface area (Å²) < 4.78 is 0. The number of hydrogen-bond acceptors (Lipinski definition) is 3. The van der Waals surface area contributed by atoms with Crippen LogP contribution < -0.4 is 0 Å². The Morgan fingerprint density at radius 2 is 1.62 bits per heavy atom. The lowest BCUT2D eigenvalue weighted by Crippen LogP contribution is -2.17. The SMILES string of the molecule is CC(=O)c1c(O)cc(C(C)(C)CCCCCCBr)cc1O. The number of ketones is 1. The normalized spacial score (nSPS) is 11.6. The molecule has 3 nitrogen and oxygen atoms in total. The highest BCUT2D eigenvalue weighted by Gasteiger charge is 2.24. The Hall–Kier alpha value is -1.03. The van der Waals surface area contributed by atoms with Gasteiger partial charge in [-0.3, -0.25) is 4.79 Å². The second kappa shape index (κ2) is 7.83. The molecule has 118 valence electrons. The molecule has 0 bridgehead atoms. The molecule has 1 aromatic rings. The van der Waals surface area contributed by atoms with Gasteiger partial charge in [0, 0.05) is 5.33 Å². The summed E-state index contributed by atoms with van der Waals surface area (Å²) in [5.41, 5.74) is 0.730. The molecule has 0 saturated heterocycles. The number of phenols is 2. The van der Waals surface area contributed by atoms with Crippen LogP contribution in [-0.4, -0.2) is 21.3 Å². The van der Waals surface area contributed by atoms with Gasteiger partial charge in [-0.2, -0.15) is 0 Å². The topological polar surface area (TPSA) is 57.5 Å². The first-order chi connectivity index (χ1) is 9.79. The van der Waals surface area contributed by atoms with E-state index in [2.05, 4.69) is 29.8 Å². The van der Waals surface area contributed by atoms with Gasteiger partial charge in [-0.1, -0.05) is 49.0 Å². The molecule has 0 aliphatic rings. The molecule has 0 spiro atoms. The molecule has 0 aliphatic carbocycles. The molecule has 0 heterocycles. The van der Waals surface area contributed by atoms with Crippen molar-refractivity contribution in [1.29, 1.82) is 0 Å². The first kappa shape index (κ1) is 18.0. The predicted molar refractivity (Wildman–Crippen MR) is 89.7 cm³/mol. The van der Waals surface area contributed by atoms with Crippen LogP contribution >= 0.6 is 15.9 Å². The van der Waals surface area contributed by atoms with Gasteiger partial charge in [0.05, 0.1) is 0 Å². The minimum atomic E-state index is -0.330. The Kier molecular flexibility index (Phi) is 6.72. The second-order valence-electron chi connectivity index (χ2n) is 6.18. The second-order valence-corrected chi connectivity index (χ2v) is 6.98. The summed E-state index contributed by atoms with van der Waals surface area (Å²) in [5, 5.41) is 21.0. The van der Waals surface area contributed by atoms with Gasteiger partial charge in [-0.05, 0) is 42.9 Å². The Labute approximate surface area is 135 Å². The van der Waals surface area contributed by atoms with Gasteiger partial charge in [0.1, 0.15) is 17.1 Å². The molecular weight excluding hydrogens is 332 g/mol. The average molecular weight is 357 g/mol. The number of aromatic hydroxyl groups is 2. The van der Waals surface area contributed by atoms with Crippen LogP contribution in [0.3, 0.4) is 0 Å². The van der Waals surface area contributed by atoms with Crippen LogP contribution in [-0.2, 0) is 5.41 Å². The fourth-order valence-electron chi connectivity index (χ4n) is 2.52. The Morgan fingerprint density at radius 1 is 1.10 bits per heavy atom. The minimum absolute atomic E-state index is 0.00636. The number of hydrogen-bond donors (Lipinski definition) is 2. The number of halogens is 1. The molecule has 0 fully saturated rings. The molecule has 21 heavy (non-hydrogen) atoms. The van der Waals surface area contributed by atoms with Crippen LogP contribution in [0, 0.1) is 0 Å². The van der Waals surface area contributed by atoms with Crippen molar-refractivity contribution in [3.05, 3.63) is 23.3 Å². The summed E-state index contributed by atoms with van der Waals surface area (Å²) in [6.07, 6.45) is 5.67. The number of carbonyl (C=O) groups is 1. The van der Waals surface area contributed by atoms with Crippen molar-refractivity contribution < 1.29 is 15.0 Å². The third kappa shape index (κ3) is 5.03. The van der Waals surface area contributed by atoms with Crippen LogP contribution in [0.4, 0.5) is 0 Å². The summed E-state index contributed by atoms with van der Waals surface area (Å²) in [6, 6.07) is 3.21. The molecule has 2 N–H and O–H groups in total. The van der Waals surface area contributed by atoms with Crippen molar-refractivity contribution in [1.82, 2.24) is 0 Å². The van der Waals surface area contributed by atoms with Crippen molar-refractivity contribution >= 4 is 21.7 Å². The smallest absolute Gasteiger partial charge is 0.167 e. The Bertz CT molecular complexity index is 472. The molecule has 0 atom stereocenters. The molecule has 0 radical (unpaired) electrons. The molecule has 0 aromatic heterocycles. The zero-order valence-electron chi connectivity index (χ0n) is 13.1. The quantitative estimate of drug-likeness (QED) is 0.394. The number of Topliss-reactive ketones (excluding diaryl/α,β-unsaturated/α-hetero) is 1. The third-order valence-electron chi connectivity index (χ3n) is 3.92. The zero-order chi connectivity index (χ0) is 16.0. The summed E-state index contributed by atoms with van der Waals surface area (Å²) >= 11 is 3.43. The van der Waals surface area contributed by atoms with Crippen LogP contribution in [0.5, 0.6) is 11.5 Å². The van der Waals surface area contributed by atoms with Gasteiger partial charge < -0.3 is 10.2 Å². The van der Waals surface area contributed by atoms with Gasteiger partial charge in [0.2, 0.25) is 0 Å². The average Bonchev–Trinajstić information content (AvgIpc) is 2.37. The van der Waals surface area contributed by atoms with Crippen molar-refractivity contribution in [2.24, 2.45) is 0 Å². The van der Waals surface area contributed by atoms with E-state index in [1.165, 1.54) is 26.2 Å². The standard InChI is InChI=1S/C17H25BrO3/c1-12(19)16-14(20)10-13(11-15(16)21)17(2,3)8-6-4-5-7-9-18/h10-11,20-21H,4-9H2,1-3H3. The zero-order valence-corrected chi connectivity index (χ0v) is 14.7. The number of phenolic OH excluding ortho intramolecular Hbond substituents is 2. The molecule has 0 unspecified atom stereocenters. The fraction of sp³-hybridized carbons (Fsp3) is 0.588. The van der Waals surface area contributed by atoms with E-state index < -0.39 is 0 Å². The van der Waals surface area contributed by atoms with E-state index >= 15 is 0 Å². The maximum Gasteiger partial charge on any atom is 0.167 e. The monoisotopic (exact) mass is 356 g/mol. The maximum absolute atomic E-state index is 11.4. The van der Waals surface area contributed by atoms with Gasteiger partial charge >= 0.3 is 0 Å². The summed E-state index contributed by atoms with van der Waals surface area (Å²) in [6.45, 7) is 5.53. The third-order valence-corrected chi connectivity index (χ3v) is 4.48. The van der Waals surface area contributed by atoms with Crippen molar-refractivity contribution in [2.45, 2.75) is 58.3 Å². The predicted octanol–water partition coefficient (Wildman–Crippen LogP) is 4.92. The number of carbonyl (C=O) groups excluding carboxylic acids is 1. The fourth-order valence-corrected chi connectivity index (χ4v) is 2.92. The Balaban J connectivity index is 2.81.